The Balaban J connectivity index is 2.20. The zero-order valence-electron chi connectivity index (χ0n) is 11.6. The summed E-state index contributed by atoms with van der Waals surface area (Å²) in [5.74, 6) is -0.389. The van der Waals surface area contributed by atoms with Gasteiger partial charge in [-0.15, -0.1) is 0 Å². The number of carbonyl (C=O) groups is 1. The van der Waals surface area contributed by atoms with E-state index in [1.165, 1.54) is 12.1 Å². The Morgan fingerprint density at radius 3 is 2.95 bits per heavy atom. The lowest BCUT2D eigenvalue weighted by molar-refractivity contribution is -0.148. The molecule has 0 radical (unpaired) electrons. The van der Waals surface area contributed by atoms with E-state index >= 15 is 0 Å². The second-order valence-corrected chi connectivity index (χ2v) is 4.66. The van der Waals surface area contributed by atoms with Crippen molar-refractivity contribution in [3.05, 3.63) is 35.6 Å². The lowest BCUT2D eigenvalue weighted by atomic mass is 10.2. The Morgan fingerprint density at radius 2 is 2.26 bits per heavy atom. The molecule has 0 amide bonds. The molecular weight excluding hydrogens is 245 g/mol. The number of nitrogens with one attached hydrogen (secondary N) is 1. The van der Waals surface area contributed by atoms with E-state index in [9.17, 15) is 9.18 Å². The minimum absolute atomic E-state index is 0.151. The summed E-state index contributed by atoms with van der Waals surface area (Å²) in [6, 6.07) is 6.45. The van der Waals surface area contributed by atoms with Crippen molar-refractivity contribution in [3.8, 4) is 0 Å². The Hall–Kier alpha value is -1.42. The smallest absolute Gasteiger partial charge is 0.306 e. The van der Waals surface area contributed by atoms with Gasteiger partial charge in [-0.3, -0.25) is 4.79 Å². The minimum atomic E-state index is -0.238. The first kappa shape index (κ1) is 15.6. The zero-order chi connectivity index (χ0) is 14.1. The molecule has 4 heteroatoms. The minimum Gasteiger partial charge on any atom is -0.461 e. The van der Waals surface area contributed by atoms with Crippen LogP contribution in [0.3, 0.4) is 0 Å². The summed E-state index contributed by atoms with van der Waals surface area (Å²) in [7, 11) is 0. The molecule has 106 valence electrons. The number of hydrogen-bond donors (Lipinski definition) is 1. The number of halogens is 1. The summed E-state index contributed by atoms with van der Waals surface area (Å²) in [6.45, 7) is 5.02. The Kier molecular flexibility index (Phi) is 7.11. The van der Waals surface area contributed by atoms with Crippen molar-refractivity contribution in [1.82, 2.24) is 5.32 Å². The van der Waals surface area contributed by atoms with Gasteiger partial charge in [0.1, 0.15) is 11.9 Å². The molecule has 1 rings (SSSR count). The van der Waals surface area contributed by atoms with Crippen molar-refractivity contribution in [1.29, 1.82) is 0 Å². The zero-order valence-corrected chi connectivity index (χ0v) is 11.6. The number of rotatable bonds is 8. The van der Waals surface area contributed by atoms with Crippen molar-refractivity contribution in [3.63, 3.8) is 0 Å². The molecule has 0 saturated heterocycles. The third-order valence-electron chi connectivity index (χ3n) is 2.72. The maximum atomic E-state index is 12.9. The average Bonchev–Trinajstić information content (AvgIpc) is 2.36. The van der Waals surface area contributed by atoms with E-state index in [0.717, 1.165) is 18.4 Å². The van der Waals surface area contributed by atoms with Gasteiger partial charge in [0.05, 0.1) is 0 Å². The van der Waals surface area contributed by atoms with Crippen molar-refractivity contribution in [2.75, 3.05) is 6.54 Å². The Morgan fingerprint density at radius 1 is 1.47 bits per heavy atom. The SMILES string of the molecule is CCCCC(=O)OC(C)CNCc1cccc(F)c1. The number of benzene rings is 1. The monoisotopic (exact) mass is 267 g/mol. The van der Waals surface area contributed by atoms with Crippen LogP contribution in [0.25, 0.3) is 0 Å². The molecule has 19 heavy (non-hydrogen) atoms. The number of esters is 1. The number of carbonyl (C=O) groups excluding carboxylic acids is 1. The van der Waals surface area contributed by atoms with Gasteiger partial charge in [-0.1, -0.05) is 25.5 Å². The van der Waals surface area contributed by atoms with Gasteiger partial charge in [-0.2, -0.15) is 0 Å². The summed E-state index contributed by atoms with van der Waals surface area (Å²) in [4.78, 5) is 11.4. The second-order valence-electron chi connectivity index (χ2n) is 4.66. The van der Waals surface area contributed by atoms with Crippen LogP contribution < -0.4 is 5.32 Å². The number of ether oxygens (including phenoxy) is 1. The molecule has 0 heterocycles. The van der Waals surface area contributed by atoms with Gasteiger partial charge in [-0.05, 0) is 31.0 Å². The first-order valence-electron chi connectivity index (χ1n) is 6.76. The van der Waals surface area contributed by atoms with Gasteiger partial charge in [0.15, 0.2) is 0 Å². The highest BCUT2D eigenvalue weighted by Gasteiger charge is 2.08. The van der Waals surface area contributed by atoms with Gasteiger partial charge in [-0.25, -0.2) is 4.39 Å². The molecule has 0 spiro atoms. The molecule has 1 aromatic rings. The number of unbranched alkanes of at least 4 members (excludes halogenated alkanes) is 1. The van der Waals surface area contributed by atoms with Crippen molar-refractivity contribution >= 4 is 5.97 Å². The predicted octanol–water partition coefficient (Wildman–Crippen LogP) is 3.04. The normalized spacial score (nSPS) is 12.2. The average molecular weight is 267 g/mol. The van der Waals surface area contributed by atoms with Crippen LogP contribution in [0.4, 0.5) is 4.39 Å². The molecule has 0 saturated carbocycles. The standard InChI is InChI=1S/C15H22FNO2/c1-3-4-8-15(18)19-12(2)10-17-11-13-6-5-7-14(16)9-13/h5-7,9,12,17H,3-4,8,10-11H2,1-2H3. The van der Waals surface area contributed by atoms with Crippen molar-refractivity contribution in [2.24, 2.45) is 0 Å². The Bertz CT molecular complexity index is 395. The Labute approximate surface area is 114 Å². The highest BCUT2D eigenvalue weighted by Crippen LogP contribution is 2.03. The predicted molar refractivity (Wildman–Crippen MR) is 73.2 cm³/mol. The summed E-state index contributed by atoms with van der Waals surface area (Å²) >= 11 is 0. The molecule has 0 aliphatic rings. The van der Waals surface area contributed by atoms with E-state index in [4.69, 9.17) is 4.74 Å². The first-order chi connectivity index (χ1) is 9.11. The second kappa shape index (κ2) is 8.64. The summed E-state index contributed by atoms with van der Waals surface area (Å²) in [5.41, 5.74) is 0.879. The van der Waals surface area contributed by atoms with E-state index in [1.54, 1.807) is 6.07 Å². The molecule has 0 aliphatic heterocycles. The fourth-order valence-electron chi connectivity index (χ4n) is 1.71. The molecular formula is C15H22FNO2. The van der Waals surface area contributed by atoms with Crippen LogP contribution in [0.2, 0.25) is 0 Å². The molecule has 0 aromatic heterocycles. The highest BCUT2D eigenvalue weighted by molar-refractivity contribution is 5.69. The molecule has 0 aliphatic carbocycles. The quantitative estimate of drug-likeness (QED) is 0.736. The van der Waals surface area contributed by atoms with Crippen LogP contribution in [0, 0.1) is 5.82 Å². The van der Waals surface area contributed by atoms with Gasteiger partial charge in [0.2, 0.25) is 0 Å². The maximum Gasteiger partial charge on any atom is 0.306 e. The van der Waals surface area contributed by atoms with Gasteiger partial charge in [0.25, 0.3) is 0 Å². The largest absolute Gasteiger partial charge is 0.461 e. The highest BCUT2D eigenvalue weighted by atomic mass is 19.1. The molecule has 1 atom stereocenters. The van der Waals surface area contributed by atoms with Crippen LogP contribution in [0.15, 0.2) is 24.3 Å². The molecule has 1 aromatic carbocycles. The van der Waals surface area contributed by atoms with E-state index < -0.39 is 0 Å². The number of hydrogen-bond acceptors (Lipinski definition) is 3. The fourth-order valence-corrected chi connectivity index (χ4v) is 1.71. The lowest BCUT2D eigenvalue weighted by Crippen LogP contribution is -2.28. The lowest BCUT2D eigenvalue weighted by Gasteiger charge is -2.14. The topological polar surface area (TPSA) is 38.3 Å². The first-order valence-corrected chi connectivity index (χ1v) is 6.76. The van der Waals surface area contributed by atoms with E-state index in [1.807, 2.05) is 19.9 Å². The molecule has 1 N–H and O–H groups in total. The molecule has 0 bridgehead atoms. The van der Waals surface area contributed by atoms with Crippen LogP contribution in [-0.4, -0.2) is 18.6 Å². The third-order valence-corrected chi connectivity index (χ3v) is 2.72. The summed E-state index contributed by atoms with van der Waals surface area (Å²) in [6.07, 6.45) is 2.16. The fraction of sp³-hybridized carbons (Fsp3) is 0.533. The van der Waals surface area contributed by atoms with E-state index in [-0.39, 0.29) is 17.9 Å². The van der Waals surface area contributed by atoms with Gasteiger partial charge < -0.3 is 10.1 Å². The third kappa shape index (κ3) is 6.91. The van der Waals surface area contributed by atoms with Crippen LogP contribution in [-0.2, 0) is 16.1 Å². The van der Waals surface area contributed by atoms with Crippen molar-refractivity contribution < 1.29 is 13.9 Å². The summed E-state index contributed by atoms with van der Waals surface area (Å²) < 4.78 is 18.2. The van der Waals surface area contributed by atoms with Gasteiger partial charge in [0, 0.05) is 19.5 Å². The van der Waals surface area contributed by atoms with Crippen LogP contribution >= 0.6 is 0 Å². The van der Waals surface area contributed by atoms with Crippen molar-refractivity contribution in [2.45, 2.75) is 45.8 Å². The summed E-state index contributed by atoms with van der Waals surface area (Å²) in [5, 5.41) is 3.15. The molecule has 0 fully saturated rings. The van der Waals surface area contributed by atoms with Gasteiger partial charge >= 0.3 is 5.97 Å². The van der Waals surface area contributed by atoms with E-state index in [2.05, 4.69) is 5.32 Å². The van der Waals surface area contributed by atoms with Crippen LogP contribution in [0.1, 0.15) is 38.7 Å². The maximum absolute atomic E-state index is 12.9. The molecule has 1 unspecified atom stereocenters. The van der Waals surface area contributed by atoms with Crippen LogP contribution in [0.5, 0.6) is 0 Å². The molecule has 3 nitrogen and oxygen atoms in total. The van der Waals surface area contributed by atoms with E-state index in [0.29, 0.717) is 19.5 Å².